The van der Waals surface area contributed by atoms with Gasteiger partial charge in [-0.3, -0.25) is 30.4 Å². The minimum absolute atomic E-state index is 0.198. The van der Waals surface area contributed by atoms with Crippen LogP contribution in [0.5, 0.6) is 0 Å². The molecular weight excluding hydrogens is 465 g/mol. The monoisotopic (exact) mass is 493 g/mol. The zero-order valence-corrected chi connectivity index (χ0v) is 20.1. The molecule has 0 saturated carbocycles. The average molecular weight is 494 g/mol. The third-order valence-electron chi connectivity index (χ3n) is 5.45. The highest BCUT2D eigenvalue weighted by Crippen LogP contribution is 2.29. The summed E-state index contributed by atoms with van der Waals surface area (Å²) in [5.74, 6) is -0.421. The van der Waals surface area contributed by atoms with E-state index in [9.17, 15) is 19.2 Å². The molecule has 2 aromatic carbocycles. The zero-order valence-electron chi connectivity index (χ0n) is 20.1. The Kier molecular flexibility index (Phi) is 9.07. The molecule has 9 nitrogen and oxygen atoms in total. The molecule has 188 valence electrons. The third kappa shape index (κ3) is 6.63. The fraction of sp³-hybridized carbons (Fsp3) is 0.231. The largest absolute Gasteiger partial charge is 0.442 e. The number of ether oxygens (including phenoxy) is 1. The number of hydrogen-bond donors (Lipinski definition) is 3. The molecule has 36 heavy (non-hydrogen) atoms. The number of benzene rings is 2. The number of anilines is 1. The van der Waals surface area contributed by atoms with Crippen LogP contribution in [0.25, 0.3) is 11.1 Å². The van der Waals surface area contributed by atoms with Crippen molar-refractivity contribution in [1.82, 2.24) is 10.8 Å². The van der Waals surface area contributed by atoms with Crippen molar-refractivity contribution in [3.63, 3.8) is 0 Å². The molecule has 1 saturated heterocycles. The molecule has 1 aliphatic heterocycles. The van der Waals surface area contributed by atoms with Gasteiger partial charge in [0.1, 0.15) is 11.9 Å². The molecule has 0 unspecified atom stereocenters. The summed E-state index contributed by atoms with van der Waals surface area (Å²) in [5.41, 5.74) is 5.01. The van der Waals surface area contributed by atoms with Crippen molar-refractivity contribution in [2.75, 3.05) is 18.0 Å². The number of amides is 2. The molecule has 2 aromatic rings. The molecule has 0 aromatic heterocycles. The Labute approximate surface area is 208 Å². The van der Waals surface area contributed by atoms with Gasteiger partial charge in [-0.15, -0.1) is 0 Å². The van der Waals surface area contributed by atoms with Gasteiger partial charge in [0, 0.05) is 24.3 Å². The second kappa shape index (κ2) is 12.4. The van der Waals surface area contributed by atoms with Gasteiger partial charge >= 0.3 is 6.09 Å². The Bertz CT molecular complexity index is 1210. The van der Waals surface area contributed by atoms with Gasteiger partial charge in [0.2, 0.25) is 5.91 Å². The lowest BCUT2D eigenvalue weighted by atomic mass is 10.0. The SMILES string of the molecule is C=N/C=C\C(=C/C)C(=NCc1ccc(-c2ccc(N3C[C@H](CNC(C)=O)OC3=O)cc2F)cc1)NO. The second-order valence-electron chi connectivity index (χ2n) is 7.93. The van der Waals surface area contributed by atoms with Gasteiger partial charge in [0.15, 0.2) is 5.84 Å². The number of carbonyl (C=O) groups excluding carboxylic acids is 2. The lowest BCUT2D eigenvalue weighted by Crippen LogP contribution is -2.33. The highest BCUT2D eigenvalue weighted by molar-refractivity contribution is 6.00. The van der Waals surface area contributed by atoms with Gasteiger partial charge in [-0.05, 0) is 49.0 Å². The molecule has 0 bridgehead atoms. The highest BCUT2D eigenvalue weighted by Gasteiger charge is 2.32. The molecule has 1 aliphatic rings. The quantitative estimate of drug-likeness (QED) is 0.211. The van der Waals surface area contributed by atoms with Crippen LogP contribution in [0, 0.1) is 5.82 Å². The minimum atomic E-state index is -0.587. The van der Waals surface area contributed by atoms with Crippen LogP contribution in [-0.2, 0) is 16.1 Å². The van der Waals surface area contributed by atoms with Crippen molar-refractivity contribution in [3.05, 3.63) is 77.8 Å². The van der Waals surface area contributed by atoms with Crippen LogP contribution >= 0.6 is 0 Å². The van der Waals surface area contributed by atoms with Gasteiger partial charge in [-0.1, -0.05) is 30.3 Å². The molecule has 0 radical (unpaired) electrons. The van der Waals surface area contributed by atoms with E-state index in [2.05, 4.69) is 27.5 Å². The van der Waals surface area contributed by atoms with E-state index in [-0.39, 0.29) is 31.4 Å². The lowest BCUT2D eigenvalue weighted by molar-refractivity contribution is -0.119. The maximum absolute atomic E-state index is 15.0. The number of halogens is 1. The summed E-state index contributed by atoms with van der Waals surface area (Å²) in [7, 11) is 0. The summed E-state index contributed by atoms with van der Waals surface area (Å²) >= 11 is 0. The number of cyclic esters (lactones) is 1. The van der Waals surface area contributed by atoms with Crippen molar-refractivity contribution < 1.29 is 23.9 Å². The molecule has 1 heterocycles. The van der Waals surface area contributed by atoms with E-state index in [1.807, 2.05) is 12.1 Å². The first kappa shape index (κ1) is 26.3. The van der Waals surface area contributed by atoms with Crippen LogP contribution in [0.2, 0.25) is 0 Å². The van der Waals surface area contributed by atoms with Crippen LogP contribution in [0.4, 0.5) is 14.9 Å². The van der Waals surface area contributed by atoms with Gasteiger partial charge in [-0.2, -0.15) is 0 Å². The first-order valence-corrected chi connectivity index (χ1v) is 11.2. The van der Waals surface area contributed by atoms with Crippen molar-refractivity contribution in [1.29, 1.82) is 0 Å². The topological polar surface area (TPSA) is 116 Å². The van der Waals surface area contributed by atoms with Crippen molar-refractivity contribution >= 4 is 30.2 Å². The smallest absolute Gasteiger partial charge is 0.414 e. The first-order valence-electron chi connectivity index (χ1n) is 11.2. The molecule has 2 amide bonds. The molecule has 1 atom stereocenters. The number of hydrogen-bond acceptors (Lipinski definition) is 6. The van der Waals surface area contributed by atoms with Crippen LogP contribution < -0.4 is 15.7 Å². The van der Waals surface area contributed by atoms with Crippen LogP contribution in [0.15, 0.2) is 76.4 Å². The number of nitrogens with zero attached hydrogens (tertiary/aromatic N) is 3. The van der Waals surface area contributed by atoms with Crippen molar-refractivity contribution in [2.45, 2.75) is 26.5 Å². The molecule has 0 spiro atoms. The summed E-state index contributed by atoms with van der Waals surface area (Å²) in [4.78, 5) is 32.6. The number of allylic oxidation sites excluding steroid dienone is 1. The number of rotatable bonds is 9. The Morgan fingerprint density at radius 1 is 1.31 bits per heavy atom. The third-order valence-corrected chi connectivity index (χ3v) is 5.45. The maximum Gasteiger partial charge on any atom is 0.414 e. The van der Waals surface area contributed by atoms with E-state index in [1.54, 1.807) is 43.3 Å². The lowest BCUT2D eigenvalue weighted by Gasteiger charge is -2.14. The van der Waals surface area contributed by atoms with E-state index in [4.69, 9.17) is 4.74 Å². The van der Waals surface area contributed by atoms with Gasteiger partial charge < -0.3 is 10.1 Å². The second-order valence-corrected chi connectivity index (χ2v) is 7.93. The standard InChI is InChI=1S/C26H28FN5O4/c1-4-19(11-12-28-3)25(31-35)30-14-18-5-7-20(8-6-18)23-10-9-21(13-24(23)27)32-16-22(36-26(32)34)15-29-17(2)33/h4-13,22,35H,3,14-16H2,1-2H3,(H,29,33)(H,30,31)/b12-11-,19-4+/t22-/m0/s1. The summed E-state index contributed by atoms with van der Waals surface area (Å²) in [6.45, 7) is 7.27. The first-order chi connectivity index (χ1) is 17.4. The predicted molar refractivity (Wildman–Crippen MR) is 137 cm³/mol. The van der Waals surface area contributed by atoms with E-state index in [0.717, 1.165) is 5.56 Å². The number of carbonyl (C=O) groups is 2. The summed E-state index contributed by atoms with van der Waals surface area (Å²) < 4.78 is 20.2. The molecular formula is C26H28FN5O4. The molecule has 10 heteroatoms. The summed E-state index contributed by atoms with van der Waals surface area (Å²) in [6, 6.07) is 11.8. The Hall–Kier alpha value is -4.31. The average Bonchev–Trinajstić information content (AvgIpc) is 3.25. The Morgan fingerprint density at radius 2 is 2.06 bits per heavy atom. The van der Waals surface area contributed by atoms with Crippen LogP contribution in [0.1, 0.15) is 19.4 Å². The van der Waals surface area contributed by atoms with E-state index >= 15 is 0 Å². The molecule has 1 fully saturated rings. The maximum atomic E-state index is 15.0. The minimum Gasteiger partial charge on any atom is -0.442 e. The van der Waals surface area contributed by atoms with Gasteiger partial charge in [-0.25, -0.2) is 9.18 Å². The molecule has 3 N–H and O–H groups in total. The number of hydroxylamine groups is 1. The fourth-order valence-corrected chi connectivity index (χ4v) is 3.60. The molecule has 0 aliphatic carbocycles. The Balaban J connectivity index is 1.70. The summed E-state index contributed by atoms with van der Waals surface area (Å²) in [6.07, 6.45) is 3.84. The van der Waals surface area contributed by atoms with E-state index in [0.29, 0.717) is 22.4 Å². The van der Waals surface area contributed by atoms with E-state index in [1.165, 1.54) is 24.1 Å². The fourth-order valence-electron chi connectivity index (χ4n) is 3.60. The van der Waals surface area contributed by atoms with Crippen LogP contribution in [-0.4, -0.2) is 49.0 Å². The normalized spacial score (nSPS) is 16.3. The molecule has 3 rings (SSSR count). The van der Waals surface area contributed by atoms with Crippen molar-refractivity contribution in [3.8, 4) is 11.1 Å². The number of amidine groups is 1. The van der Waals surface area contributed by atoms with Crippen LogP contribution in [0.3, 0.4) is 0 Å². The van der Waals surface area contributed by atoms with Gasteiger partial charge in [0.25, 0.3) is 0 Å². The number of nitrogens with one attached hydrogen (secondary N) is 2. The zero-order chi connectivity index (χ0) is 26.1. The van der Waals surface area contributed by atoms with E-state index < -0.39 is 18.0 Å². The Morgan fingerprint density at radius 3 is 2.67 bits per heavy atom. The summed E-state index contributed by atoms with van der Waals surface area (Å²) in [5, 5.41) is 12.0. The van der Waals surface area contributed by atoms with Crippen molar-refractivity contribution in [2.24, 2.45) is 9.98 Å². The van der Waals surface area contributed by atoms with Gasteiger partial charge in [0.05, 0.1) is 25.3 Å². The predicted octanol–water partition coefficient (Wildman–Crippen LogP) is 3.99. The highest BCUT2D eigenvalue weighted by atomic mass is 19.1. The number of aliphatic imine (C=N–C) groups is 2.